The predicted octanol–water partition coefficient (Wildman–Crippen LogP) is 4.50. The van der Waals surface area contributed by atoms with Crippen LogP contribution < -0.4 is 15.4 Å². The van der Waals surface area contributed by atoms with Crippen LogP contribution in [0.1, 0.15) is 25.0 Å². The van der Waals surface area contributed by atoms with Gasteiger partial charge in [-0.25, -0.2) is 4.98 Å². The number of nitrogens with one attached hydrogen (secondary N) is 2. The molecule has 0 saturated heterocycles. The molecule has 154 valence electrons. The molecule has 0 fully saturated rings. The van der Waals surface area contributed by atoms with Gasteiger partial charge in [0.1, 0.15) is 5.75 Å². The molecule has 0 atom stereocenters. The summed E-state index contributed by atoms with van der Waals surface area (Å²) >= 11 is 1.37. The van der Waals surface area contributed by atoms with Gasteiger partial charge in [0.25, 0.3) is 0 Å². The van der Waals surface area contributed by atoms with Crippen molar-refractivity contribution >= 4 is 34.4 Å². The maximum Gasteiger partial charge on any atom is 0.250 e. The second-order valence-corrected chi connectivity index (χ2v) is 7.33. The summed E-state index contributed by atoms with van der Waals surface area (Å²) in [4.78, 5) is 27.7. The van der Waals surface area contributed by atoms with E-state index in [-0.39, 0.29) is 11.8 Å². The van der Waals surface area contributed by atoms with E-state index in [1.54, 1.807) is 6.08 Å². The highest BCUT2D eigenvalue weighted by Crippen LogP contribution is 2.25. The Kier molecular flexibility index (Phi) is 7.34. The van der Waals surface area contributed by atoms with Crippen molar-refractivity contribution < 1.29 is 14.3 Å². The third kappa shape index (κ3) is 6.28. The monoisotopic (exact) mass is 421 g/mol. The predicted molar refractivity (Wildman–Crippen MR) is 120 cm³/mol. The Morgan fingerprint density at radius 3 is 2.50 bits per heavy atom. The summed E-state index contributed by atoms with van der Waals surface area (Å²) in [7, 11) is 0. The largest absolute Gasteiger partial charge is 0.494 e. The van der Waals surface area contributed by atoms with Crippen LogP contribution in [0.4, 0.5) is 5.13 Å². The van der Waals surface area contributed by atoms with Gasteiger partial charge in [-0.15, -0.1) is 11.3 Å². The second-order valence-electron chi connectivity index (χ2n) is 6.47. The van der Waals surface area contributed by atoms with E-state index in [0.29, 0.717) is 18.3 Å². The number of nitrogens with zero attached hydrogens (tertiary/aromatic N) is 1. The molecule has 2 N–H and O–H groups in total. The number of amides is 2. The number of aromatic nitrogens is 1. The highest BCUT2D eigenvalue weighted by atomic mass is 32.1. The molecule has 1 aromatic heterocycles. The van der Waals surface area contributed by atoms with Crippen molar-refractivity contribution in [2.75, 3.05) is 11.9 Å². The Morgan fingerprint density at radius 1 is 1.10 bits per heavy atom. The summed E-state index contributed by atoms with van der Waals surface area (Å²) in [5, 5.41) is 7.99. The molecular formula is C23H23N3O3S. The van der Waals surface area contributed by atoms with Crippen LogP contribution in [0, 0.1) is 0 Å². The van der Waals surface area contributed by atoms with Gasteiger partial charge in [0.15, 0.2) is 5.13 Å². The van der Waals surface area contributed by atoms with E-state index in [4.69, 9.17) is 4.74 Å². The molecule has 3 rings (SSSR count). The van der Waals surface area contributed by atoms with Crippen LogP contribution in [-0.2, 0) is 16.1 Å². The van der Waals surface area contributed by atoms with Gasteiger partial charge in [-0.3, -0.25) is 14.9 Å². The zero-order valence-corrected chi connectivity index (χ0v) is 17.7. The number of hydrogen-bond acceptors (Lipinski definition) is 5. The molecule has 2 amide bonds. The van der Waals surface area contributed by atoms with Gasteiger partial charge in [-0.2, -0.15) is 0 Å². The molecule has 1 heterocycles. The molecule has 0 aliphatic heterocycles. The maximum atomic E-state index is 12.2. The van der Waals surface area contributed by atoms with Crippen molar-refractivity contribution in [3.8, 4) is 17.0 Å². The highest BCUT2D eigenvalue weighted by molar-refractivity contribution is 7.14. The van der Waals surface area contributed by atoms with E-state index in [1.807, 2.05) is 60.8 Å². The van der Waals surface area contributed by atoms with Crippen molar-refractivity contribution in [3.05, 3.63) is 71.1 Å². The van der Waals surface area contributed by atoms with Crippen LogP contribution in [0.3, 0.4) is 0 Å². The molecule has 0 aliphatic carbocycles. The van der Waals surface area contributed by atoms with Gasteiger partial charge in [0.05, 0.1) is 12.3 Å². The summed E-state index contributed by atoms with van der Waals surface area (Å²) in [6.45, 7) is 4.54. The third-order valence-corrected chi connectivity index (χ3v) is 4.90. The van der Waals surface area contributed by atoms with Crippen LogP contribution in [0.5, 0.6) is 5.75 Å². The topological polar surface area (TPSA) is 80.3 Å². The second kappa shape index (κ2) is 10.4. The SMILES string of the molecule is CCOc1ccc(/C=C/C(=O)Nc2nc(-c3ccc(CNC(C)=O)cc3)cs2)cc1. The van der Waals surface area contributed by atoms with Gasteiger partial charge in [0, 0.05) is 30.5 Å². The van der Waals surface area contributed by atoms with Gasteiger partial charge >= 0.3 is 0 Å². The molecule has 30 heavy (non-hydrogen) atoms. The lowest BCUT2D eigenvalue weighted by atomic mass is 10.1. The molecular weight excluding hydrogens is 398 g/mol. The minimum Gasteiger partial charge on any atom is -0.494 e. The molecule has 7 heteroatoms. The van der Waals surface area contributed by atoms with Crippen LogP contribution in [0.25, 0.3) is 17.3 Å². The first-order valence-corrected chi connectivity index (χ1v) is 10.4. The van der Waals surface area contributed by atoms with Gasteiger partial charge in [-0.05, 0) is 36.3 Å². The van der Waals surface area contributed by atoms with E-state index in [0.717, 1.165) is 28.1 Å². The van der Waals surface area contributed by atoms with Crippen molar-refractivity contribution in [3.63, 3.8) is 0 Å². The van der Waals surface area contributed by atoms with Crippen molar-refractivity contribution in [1.82, 2.24) is 10.3 Å². The maximum absolute atomic E-state index is 12.2. The number of hydrogen-bond donors (Lipinski definition) is 2. The Labute approximate surface area is 179 Å². The number of ether oxygens (including phenoxy) is 1. The molecule has 0 spiro atoms. The van der Waals surface area contributed by atoms with Crippen molar-refractivity contribution in [2.24, 2.45) is 0 Å². The van der Waals surface area contributed by atoms with Crippen LogP contribution in [0.15, 0.2) is 60.0 Å². The first-order chi connectivity index (χ1) is 14.5. The summed E-state index contributed by atoms with van der Waals surface area (Å²) in [6.07, 6.45) is 3.22. The molecule has 0 bridgehead atoms. The number of thiazole rings is 1. The number of anilines is 1. The van der Waals surface area contributed by atoms with Crippen molar-refractivity contribution in [2.45, 2.75) is 20.4 Å². The number of carbonyl (C=O) groups excluding carboxylic acids is 2. The summed E-state index contributed by atoms with van der Waals surface area (Å²) in [5.74, 6) is 0.503. The van der Waals surface area contributed by atoms with Gasteiger partial charge in [-0.1, -0.05) is 36.4 Å². The standard InChI is InChI=1S/C23H23N3O3S/c1-3-29-20-11-6-17(7-12-20)8-13-22(28)26-23-25-21(15-30-23)19-9-4-18(5-10-19)14-24-16(2)27/h4-13,15H,3,14H2,1-2H3,(H,24,27)(H,25,26,28)/b13-8+. The average molecular weight is 422 g/mol. The van der Waals surface area contributed by atoms with Gasteiger partial charge < -0.3 is 10.1 Å². The number of benzene rings is 2. The van der Waals surface area contributed by atoms with E-state index < -0.39 is 0 Å². The fourth-order valence-corrected chi connectivity index (χ4v) is 3.37. The third-order valence-electron chi connectivity index (χ3n) is 4.14. The normalized spacial score (nSPS) is 10.7. The summed E-state index contributed by atoms with van der Waals surface area (Å²) in [6, 6.07) is 15.3. The van der Waals surface area contributed by atoms with Crippen LogP contribution >= 0.6 is 11.3 Å². The molecule has 0 aliphatic rings. The lowest BCUT2D eigenvalue weighted by Crippen LogP contribution is -2.18. The Balaban J connectivity index is 1.56. The molecule has 0 unspecified atom stereocenters. The fraction of sp³-hybridized carbons (Fsp3) is 0.174. The van der Waals surface area contributed by atoms with Crippen molar-refractivity contribution in [1.29, 1.82) is 0 Å². The average Bonchev–Trinajstić information content (AvgIpc) is 3.21. The molecule has 2 aromatic carbocycles. The zero-order chi connectivity index (χ0) is 21.3. The van der Waals surface area contributed by atoms with Crippen LogP contribution in [0.2, 0.25) is 0 Å². The lowest BCUT2D eigenvalue weighted by Gasteiger charge is -2.03. The molecule has 0 saturated carbocycles. The first kappa shape index (κ1) is 21.3. The Morgan fingerprint density at radius 2 is 1.83 bits per heavy atom. The fourth-order valence-electron chi connectivity index (χ4n) is 2.64. The zero-order valence-electron chi connectivity index (χ0n) is 16.8. The molecule has 6 nitrogen and oxygen atoms in total. The highest BCUT2D eigenvalue weighted by Gasteiger charge is 2.07. The van der Waals surface area contributed by atoms with E-state index in [9.17, 15) is 9.59 Å². The number of carbonyl (C=O) groups is 2. The Bertz CT molecular complexity index is 1020. The quantitative estimate of drug-likeness (QED) is 0.525. The molecule has 3 aromatic rings. The van der Waals surface area contributed by atoms with E-state index in [2.05, 4.69) is 15.6 Å². The minimum atomic E-state index is -0.240. The van der Waals surface area contributed by atoms with E-state index >= 15 is 0 Å². The van der Waals surface area contributed by atoms with E-state index in [1.165, 1.54) is 24.3 Å². The Hall–Kier alpha value is -3.45. The summed E-state index contributed by atoms with van der Waals surface area (Å²) in [5.41, 5.74) is 3.66. The number of rotatable bonds is 8. The molecule has 0 radical (unpaired) electrons. The lowest BCUT2D eigenvalue weighted by molar-refractivity contribution is -0.119. The summed E-state index contributed by atoms with van der Waals surface area (Å²) < 4.78 is 5.41. The first-order valence-electron chi connectivity index (χ1n) is 9.54. The smallest absolute Gasteiger partial charge is 0.250 e. The van der Waals surface area contributed by atoms with Gasteiger partial charge in [0.2, 0.25) is 11.8 Å². The minimum absolute atomic E-state index is 0.0597. The van der Waals surface area contributed by atoms with Crippen LogP contribution in [-0.4, -0.2) is 23.4 Å².